The third-order valence-electron chi connectivity index (χ3n) is 3.19. The molecular formula is C16H13BrClN5. The van der Waals surface area contributed by atoms with E-state index in [9.17, 15) is 0 Å². The van der Waals surface area contributed by atoms with E-state index in [1.165, 1.54) is 0 Å². The maximum atomic E-state index is 6.13. The lowest BCUT2D eigenvalue weighted by Gasteiger charge is -2.10. The fraction of sp³-hybridized carbons (Fsp3) is 0.0625. The van der Waals surface area contributed by atoms with Crippen LogP contribution in [0.4, 0.5) is 23.1 Å². The fourth-order valence-electron chi connectivity index (χ4n) is 1.96. The standard InChI is InChI=1S/C16H13BrClN5/c1-10-13(18)3-2-4-14(10)21-15-9-19-23-16(22-15)20-12-7-5-11(17)6-8-12/h2-9H,1H3,(H2,20,21,22,23). The largest absolute Gasteiger partial charge is 0.339 e. The summed E-state index contributed by atoms with van der Waals surface area (Å²) in [5.41, 5.74) is 2.72. The van der Waals surface area contributed by atoms with Gasteiger partial charge in [-0.2, -0.15) is 10.1 Å². The number of aromatic nitrogens is 3. The van der Waals surface area contributed by atoms with E-state index in [1.54, 1.807) is 6.20 Å². The minimum atomic E-state index is 0.414. The first-order chi connectivity index (χ1) is 11.1. The predicted molar refractivity (Wildman–Crippen MR) is 96.7 cm³/mol. The average molecular weight is 391 g/mol. The highest BCUT2D eigenvalue weighted by atomic mass is 79.9. The number of nitrogens with one attached hydrogen (secondary N) is 2. The summed E-state index contributed by atoms with van der Waals surface area (Å²) in [5, 5.41) is 15.0. The summed E-state index contributed by atoms with van der Waals surface area (Å²) in [4.78, 5) is 4.41. The van der Waals surface area contributed by atoms with E-state index in [0.29, 0.717) is 16.8 Å². The summed E-state index contributed by atoms with van der Waals surface area (Å²) in [7, 11) is 0. The van der Waals surface area contributed by atoms with E-state index < -0.39 is 0 Å². The maximum Gasteiger partial charge on any atom is 0.249 e. The van der Waals surface area contributed by atoms with Gasteiger partial charge in [0.15, 0.2) is 5.82 Å². The number of halogens is 2. The van der Waals surface area contributed by atoms with Crippen LogP contribution in [0.25, 0.3) is 0 Å². The second-order valence-electron chi connectivity index (χ2n) is 4.83. The summed E-state index contributed by atoms with van der Waals surface area (Å²) < 4.78 is 1.01. The molecule has 2 aromatic carbocycles. The van der Waals surface area contributed by atoms with Gasteiger partial charge in [0.25, 0.3) is 0 Å². The van der Waals surface area contributed by atoms with Gasteiger partial charge < -0.3 is 10.6 Å². The number of hydrogen-bond acceptors (Lipinski definition) is 5. The molecule has 2 N–H and O–H groups in total. The second kappa shape index (κ2) is 6.93. The zero-order chi connectivity index (χ0) is 16.2. The van der Waals surface area contributed by atoms with Crippen LogP contribution in [0.5, 0.6) is 0 Å². The van der Waals surface area contributed by atoms with Crippen LogP contribution in [0.1, 0.15) is 5.56 Å². The Labute approximate surface area is 147 Å². The topological polar surface area (TPSA) is 62.7 Å². The van der Waals surface area contributed by atoms with Gasteiger partial charge >= 0.3 is 0 Å². The van der Waals surface area contributed by atoms with E-state index in [0.717, 1.165) is 21.4 Å². The van der Waals surface area contributed by atoms with E-state index in [2.05, 4.69) is 41.7 Å². The van der Waals surface area contributed by atoms with Crippen molar-refractivity contribution in [2.75, 3.05) is 10.6 Å². The zero-order valence-corrected chi connectivity index (χ0v) is 14.6. The van der Waals surface area contributed by atoms with Crippen molar-refractivity contribution >= 4 is 50.7 Å². The molecule has 1 heterocycles. The summed E-state index contributed by atoms with van der Waals surface area (Å²) in [6.45, 7) is 1.94. The van der Waals surface area contributed by atoms with Crippen molar-refractivity contribution in [1.29, 1.82) is 0 Å². The molecule has 3 aromatic rings. The van der Waals surface area contributed by atoms with E-state index >= 15 is 0 Å². The number of benzene rings is 2. The normalized spacial score (nSPS) is 10.4. The van der Waals surface area contributed by atoms with E-state index in [-0.39, 0.29) is 0 Å². The summed E-state index contributed by atoms with van der Waals surface area (Å²) >= 11 is 9.53. The van der Waals surface area contributed by atoms with Crippen LogP contribution in [-0.2, 0) is 0 Å². The molecular weight excluding hydrogens is 378 g/mol. The zero-order valence-electron chi connectivity index (χ0n) is 12.2. The van der Waals surface area contributed by atoms with Gasteiger partial charge in [-0.15, -0.1) is 5.10 Å². The molecule has 0 unspecified atom stereocenters. The van der Waals surface area contributed by atoms with Gasteiger partial charge in [0.05, 0.1) is 6.20 Å². The van der Waals surface area contributed by atoms with Crippen LogP contribution in [-0.4, -0.2) is 15.2 Å². The number of anilines is 4. The Morgan fingerprint density at radius 1 is 1.04 bits per heavy atom. The molecule has 23 heavy (non-hydrogen) atoms. The maximum absolute atomic E-state index is 6.13. The van der Waals surface area contributed by atoms with Crippen LogP contribution in [0.2, 0.25) is 5.02 Å². The van der Waals surface area contributed by atoms with Crippen molar-refractivity contribution in [2.45, 2.75) is 6.92 Å². The van der Waals surface area contributed by atoms with Crippen molar-refractivity contribution < 1.29 is 0 Å². The molecule has 0 aliphatic rings. The first kappa shape index (κ1) is 15.7. The van der Waals surface area contributed by atoms with Crippen LogP contribution < -0.4 is 10.6 Å². The highest BCUT2D eigenvalue weighted by Crippen LogP contribution is 2.25. The van der Waals surface area contributed by atoms with Gasteiger partial charge in [-0.3, -0.25) is 0 Å². The van der Waals surface area contributed by atoms with Crippen molar-refractivity contribution in [3.05, 3.63) is 63.7 Å². The minimum Gasteiger partial charge on any atom is -0.339 e. The molecule has 116 valence electrons. The number of rotatable bonds is 4. The monoisotopic (exact) mass is 389 g/mol. The molecule has 1 aromatic heterocycles. The minimum absolute atomic E-state index is 0.414. The highest BCUT2D eigenvalue weighted by Gasteiger charge is 2.05. The van der Waals surface area contributed by atoms with Crippen LogP contribution in [0.3, 0.4) is 0 Å². The summed E-state index contributed by atoms with van der Waals surface area (Å²) in [6, 6.07) is 13.4. The van der Waals surface area contributed by atoms with Gasteiger partial charge in [0.2, 0.25) is 5.95 Å². The van der Waals surface area contributed by atoms with Crippen molar-refractivity contribution in [3.63, 3.8) is 0 Å². The van der Waals surface area contributed by atoms with E-state index in [1.807, 2.05) is 49.4 Å². The Balaban J connectivity index is 1.79. The quantitative estimate of drug-likeness (QED) is 0.650. The van der Waals surface area contributed by atoms with Crippen LogP contribution >= 0.6 is 27.5 Å². The summed E-state index contributed by atoms with van der Waals surface area (Å²) in [5.74, 6) is 1.00. The average Bonchev–Trinajstić information content (AvgIpc) is 2.54. The molecule has 0 bridgehead atoms. The molecule has 5 nitrogen and oxygen atoms in total. The lowest BCUT2D eigenvalue weighted by molar-refractivity contribution is 0.982. The smallest absolute Gasteiger partial charge is 0.249 e. The highest BCUT2D eigenvalue weighted by molar-refractivity contribution is 9.10. The SMILES string of the molecule is Cc1c(Cl)cccc1Nc1cnnc(Nc2ccc(Br)cc2)n1. The molecule has 0 radical (unpaired) electrons. The molecule has 0 aliphatic carbocycles. The Morgan fingerprint density at radius 3 is 2.61 bits per heavy atom. The van der Waals surface area contributed by atoms with Crippen LogP contribution in [0, 0.1) is 6.92 Å². The Kier molecular flexibility index (Phi) is 4.73. The lowest BCUT2D eigenvalue weighted by Crippen LogP contribution is -2.03. The Bertz CT molecular complexity index is 823. The predicted octanol–water partition coefficient (Wildman–Crippen LogP) is 5.08. The molecule has 3 rings (SSSR count). The lowest BCUT2D eigenvalue weighted by atomic mass is 10.2. The van der Waals surface area contributed by atoms with Gasteiger partial charge in [-0.05, 0) is 48.9 Å². The molecule has 7 heteroatoms. The van der Waals surface area contributed by atoms with E-state index in [4.69, 9.17) is 11.6 Å². The first-order valence-electron chi connectivity index (χ1n) is 6.86. The molecule has 0 fully saturated rings. The number of nitrogens with zero attached hydrogens (tertiary/aromatic N) is 3. The molecule has 0 amide bonds. The van der Waals surface area contributed by atoms with Crippen molar-refractivity contribution in [3.8, 4) is 0 Å². The van der Waals surface area contributed by atoms with Gasteiger partial charge in [0.1, 0.15) is 0 Å². The Hall–Kier alpha value is -2.18. The van der Waals surface area contributed by atoms with Gasteiger partial charge in [-0.1, -0.05) is 33.6 Å². The van der Waals surface area contributed by atoms with Crippen LogP contribution in [0.15, 0.2) is 53.1 Å². The number of hydrogen-bond donors (Lipinski definition) is 2. The molecule has 0 spiro atoms. The van der Waals surface area contributed by atoms with Gasteiger partial charge in [0, 0.05) is 20.9 Å². The third kappa shape index (κ3) is 3.97. The molecule has 0 aliphatic heterocycles. The molecule has 0 saturated carbocycles. The first-order valence-corrected chi connectivity index (χ1v) is 8.03. The van der Waals surface area contributed by atoms with Crippen molar-refractivity contribution in [1.82, 2.24) is 15.2 Å². The molecule has 0 atom stereocenters. The van der Waals surface area contributed by atoms with Crippen molar-refractivity contribution in [2.24, 2.45) is 0 Å². The Morgan fingerprint density at radius 2 is 1.83 bits per heavy atom. The van der Waals surface area contributed by atoms with Gasteiger partial charge in [-0.25, -0.2) is 0 Å². The fourth-order valence-corrected chi connectivity index (χ4v) is 2.40. The summed E-state index contributed by atoms with van der Waals surface area (Å²) in [6.07, 6.45) is 1.56. The third-order valence-corrected chi connectivity index (χ3v) is 4.13. The molecule has 0 saturated heterocycles. The second-order valence-corrected chi connectivity index (χ2v) is 6.16.